The van der Waals surface area contributed by atoms with E-state index in [0.29, 0.717) is 17.3 Å². The highest BCUT2D eigenvalue weighted by Crippen LogP contribution is 2.39. The maximum Gasteiger partial charge on any atom is 0.322 e. The summed E-state index contributed by atoms with van der Waals surface area (Å²) in [5.41, 5.74) is 6.26. The molecule has 0 unspecified atom stereocenters. The quantitative estimate of drug-likeness (QED) is 0.266. The molecule has 6 rings (SSSR count). The van der Waals surface area contributed by atoms with E-state index in [1.54, 1.807) is 13.2 Å². The summed E-state index contributed by atoms with van der Waals surface area (Å²) in [5.74, 6) is 1.64. The van der Waals surface area contributed by atoms with Gasteiger partial charge in [-0.15, -0.1) is 0 Å². The van der Waals surface area contributed by atoms with E-state index in [2.05, 4.69) is 16.0 Å². The molecule has 0 fully saturated rings. The highest BCUT2D eigenvalue weighted by atomic mass is 35.5. The molecule has 3 heterocycles. The number of aromatic nitrogens is 3. The van der Waals surface area contributed by atoms with Crippen LogP contribution < -0.4 is 10.1 Å². The molecule has 0 bridgehead atoms. The minimum absolute atomic E-state index is 0.236. The molecule has 1 aliphatic heterocycles. The maximum atomic E-state index is 14.2. The molecule has 5 aromatic rings. The summed E-state index contributed by atoms with van der Waals surface area (Å²) in [6, 6.07) is 26.9. The summed E-state index contributed by atoms with van der Waals surface area (Å²) in [6.45, 7) is 4.29. The van der Waals surface area contributed by atoms with Gasteiger partial charge in [0.2, 0.25) is 0 Å². The molecule has 1 aliphatic rings. The Bertz CT molecular complexity index is 1670. The number of aryl methyl sites for hydroxylation is 2. The largest absolute Gasteiger partial charge is 0.497 e. The van der Waals surface area contributed by atoms with E-state index in [1.807, 2.05) is 102 Å². The van der Waals surface area contributed by atoms with Gasteiger partial charge in [-0.1, -0.05) is 48.0 Å². The predicted molar refractivity (Wildman–Crippen MR) is 153 cm³/mol. The lowest BCUT2D eigenvalue weighted by molar-refractivity contribution is 0.194. The van der Waals surface area contributed by atoms with E-state index >= 15 is 0 Å². The molecule has 0 aliphatic carbocycles. The van der Waals surface area contributed by atoms with Gasteiger partial charge in [-0.2, -0.15) is 5.10 Å². The number of amides is 2. The Kier molecular flexibility index (Phi) is 6.37. The van der Waals surface area contributed by atoms with Gasteiger partial charge in [-0.25, -0.2) is 9.48 Å². The van der Waals surface area contributed by atoms with Crippen LogP contribution in [0.2, 0.25) is 5.02 Å². The van der Waals surface area contributed by atoms with Crippen LogP contribution >= 0.6 is 11.6 Å². The van der Waals surface area contributed by atoms with Crippen LogP contribution in [-0.2, 0) is 6.54 Å². The maximum absolute atomic E-state index is 14.2. The molecule has 1 atom stereocenters. The highest BCUT2D eigenvalue weighted by molar-refractivity contribution is 6.31. The Balaban J connectivity index is 1.55. The van der Waals surface area contributed by atoms with E-state index in [9.17, 15) is 4.79 Å². The van der Waals surface area contributed by atoms with Crippen LogP contribution in [0.3, 0.4) is 0 Å². The number of hydrogen-bond acceptors (Lipinski definition) is 3. The summed E-state index contributed by atoms with van der Waals surface area (Å²) >= 11 is 6.28. The third-order valence-electron chi connectivity index (χ3n) is 7.20. The number of urea groups is 1. The number of carbonyl (C=O) groups is 1. The van der Waals surface area contributed by atoms with E-state index in [4.69, 9.17) is 21.4 Å². The van der Waals surface area contributed by atoms with Gasteiger partial charge in [0.1, 0.15) is 11.6 Å². The van der Waals surface area contributed by atoms with Crippen LogP contribution in [0.1, 0.15) is 34.1 Å². The van der Waals surface area contributed by atoms with Crippen molar-refractivity contribution < 1.29 is 9.53 Å². The third kappa shape index (κ3) is 4.45. The number of hydrogen-bond donors (Lipinski definition) is 1. The number of nitrogens with one attached hydrogen (secondary N) is 1. The van der Waals surface area contributed by atoms with Crippen LogP contribution in [0.15, 0.2) is 91.1 Å². The SMILES string of the molecule is COc1cccc([C@H]2c3cccn3-c3c(c(C)nn3-c3ccccc3)CN2C(=O)Nc2cc(Cl)ccc2C)c1. The topological polar surface area (TPSA) is 64.3 Å². The summed E-state index contributed by atoms with van der Waals surface area (Å²) in [4.78, 5) is 16.0. The number of ether oxygens (including phenoxy) is 1. The summed E-state index contributed by atoms with van der Waals surface area (Å²) in [5, 5.41) is 8.60. The molecule has 8 heteroatoms. The van der Waals surface area contributed by atoms with Gasteiger partial charge in [0, 0.05) is 22.5 Å². The second-order valence-electron chi connectivity index (χ2n) is 9.63. The summed E-state index contributed by atoms with van der Waals surface area (Å²) in [7, 11) is 1.65. The third-order valence-corrected chi connectivity index (χ3v) is 7.43. The van der Waals surface area contributed by atoms with Crippen molar-refractivity contribution in [3.63, 3.8) is 0 Å². The van der Waals surface area contributed by atoms with Crippen LogP contribution in [0.25, 0.3) is 11.5 Å². The van der Waals surface area contributed by atoms with Crippen molar-refractivity contribution >= 4 is 23.3 Å². The first-order chi connectivity index (χ1) is 18.9. The minimum atomic E-state index is -0.398. The average molecular weight is 538 g/mol. The van der Waals surface area contributed by atoms with Crippen molar-refractivity contribution in [2.75, 3.05) is 12.4 Å². The number of methoxy groups -OCH3 is 1. The molecule has 39 heavy (non-hydrogen) atoms. The standard InChI is InChI=1S/C31H28ClN5O2/c1-20-14-15-23(32)18-27(20)33-31(38)36-19-26-21(2)34-37(24-10-5-4-6-11-24)30(26)35-16-8-13-28(35)29(36)22-9-7-12-25(17-22)39-3/h4-18,29H,19H2,1-3H3,(H,33,38)/t29-/m0/s1. The number of carbonyl (C=O) groups excluding carboxylic acids is 1. The Morgan fingerprint density at radius 2 is 1.82 bits per heavy atom. The fourth-order valence-electron chi connectivity index (χ4n) is 5.23. The van der Waals surface area contributed by atoms with E-state index < -0.39 is 6.04 Å². The Hall–Kier alpha value is -4.49. The second kappa shape index (κ2) is 10.0. The molecule has 2 amide bonds. The first-order valence-corrected chi connectivity index (χ1v) is 13.1. The van der Waals surface area contributed by atoms with Crippen LogP contribution in [-0.4, -0.2) is 32.4 Å². The zero-order valence-electron chi connectivity index (χ0n) is 21.9. The number of halogens is 1. The average Bonchev–Trinajstić information content (AvgIpc) is 3.51. The molecule has 3 aromatic carbocycles. The molecule has 1 N–H and O–H groups in total. The van der Waals surface area contributed by atoms with Gasteiger partial charge in [-0.3, -0.25) is 0 Å². The Morgan fingerprint density at radius 3 is 2.62 bits per heavy atom. The molecule has 0 saturated heterocycles. The number of rotatable bonds is 4. The molecular formula is C31H28ClN5O2. The normalized spacial score (nSPS) is 14.4. The van der Waals surface area contributed by atoms with Gasteiger partial charge in [0.25, 0.3) is 0 Å². The number of anilines is 1. The lowest BCUT2D eigenvalue weighted by atomic mass is 10.0. The smallest absolute Gasteiger partial charge is 0.322 e. The zero-order chi connectivity index (χ0) is 27.1. The fourth-order valence-corrected chi connectivity index (χ4v) is 5.40. The first-order valence-electron chi connectivity index (χ1n) is 12.7. The molecule has 0 saturated carbocycles. The predicted octanol–water partition coefficient (Wildman–Crippen LogP) is 7.08. The summed E-state index contributed by atoms with van der Waals surface area (Å²) in [6.07, 6.45) is 2.03. The number of benzene rings is 3. The van der Waals surface area contributed by atoms with Crippen LogP contribution in [0.5, 0.6) is 5.75 Å². The molecule has 7 nitrogen and oxygen atoms in total. The number of fused-ring (bicyclic) bond motifs is 3. The Morgan fingerprint density at radius 1 is 1.00 bits per heavy atom. The highest BCUT2D eigenvalue weighted by Gasteiger charge is 2.36. The van der Waals surface area contributed by atoms with Gasteiger partial charge >= 0.3 is 6.03 Å². The van der Waals surface area contributed by atoms with Gasteiger partial charge in [0.15, 0.2) is 0 Å². The van der Waals surface area contributed by atoms with Crippen molar-refractivity contribution in [1.82, 2.24) is 19.2 Å². The number of nitrogens with zero attached hydrogens (tertiary/aromatic N) is 4. The lowest BCUT2D eigenvalue weighted by Crippen LogP contribution is -2.38. The first kappa shape index (κ1) is 24.8. The molecule has 2 aromatic heterocycles. The monoisotopic (exact) mass is 537 g/mol. The number of para-hydroxylation sites is 1. The van der Waals surface area contributed by atoms with Crippen LogP contribution in [0.4, 0.5) is 10.5 Å². The van der Waals surface area contributed by atoms with Crippen molar-refractivity contribution in [2.45, 2.75) is 26.4 Å². The van der Waals surface area contributed by atoms with Crippen molar-refractivity contribution in [3.05, 3.63) is 124 Å². The van der Waals surface area contributed by atoms with E-state index in [0.717, 1.165) is 45.3 Å². The molecule has 196 valence electrons. The molecular weight excluding hydrogens is 510 g/mol. The van der Waals surface area contributed by atoms with Crippen molar-refractivity contribution in [2.24, 2.45) is 0 Å². The zero-order valence-corrected chi connectivity index (χ0v) is 22.7. The van der Waals surface area contributed by atoms with Gasteiger partial charge in [0.05, 0.1) is 36.8 Å². The van der Waals surface area contributed by atoms with E-state index in [-0.39, 0.29) is 6.03 Å². The van der Waals surface area contributed by atoms with E-state index in [1.165, 1.54) is 0 Å². The lowest BCUT2D eigenvalue weighted by Gasteiger charge is -2.31. The van der Waals surface area contributed by atoms with Gasteiger partial charge < -0.3 is 19.5 Å². The molecule has 0 radical (unpaired) electrons. The fraction of sp³-hybridized carbons (Fsp3) is 0.161. The van der Waals surface area contributed by atoms with Crippen LogP contribution in [0, 0.1) is 13.8 Å². The second-order valence-corrected chi connectivity index (χ2v) is 10.1. The van der Waals surface area contributed by atoms with Crippen molar-refractivity contribution in [1.29, 1.82) is 0 Å². The summed E-state index contributed by atoms with van der Waals surface area (Å²) < 4.78 is 9.66. The minimum Gasteiger partial charge on any atom is -0.497 e. The Labute approximate surface area is 232 Å². The van der Waals surface area contributed by atoms with Gasteiger partial charge in [-0.05, 0) is 73.5 Å². The van der Waals surface area contributed by atoms with Crippen molar-refractivity contribution in [3.8, 4) is 17.3 Å². The molecule has 0 spiro atoms.